The molecule has 5 heterocycles. The summed E-state index contributed by atoms with van der Waals surface area (Å²) in [7, 11) is 0. The van der Waals surface area contributed by atoms with Crippen LogP contribution >= 0.6 is 0 Å². The summed E-state index contributed by atoms with van der Waals surface area (Å²) < 4.78 is 13.5. The summed E-state index contributed by atoms with van der Waals surface area (Å²) in [6.45, 7) is 7.89. The van der Waals surface area contributed by atoms with Crippen molar-refractivity contribution in [3.8, 4) is 11.1 Å². The molecule has 4 aromatic rings. The van der Waals surface area contributed by atoms with Crippen molar-refractivity contribution in [2.45, 2.75) is 32.9 Å². The second kappa shape index (κ2) is 11.2. The number of aromatic nitrogens is 4. The zero-order chi connectivity index (χ0) is 26.8. The van der Waals surface area contributed by atoms with Gasteiger partial charge >= 0.3 is 6.03 Å². The fourth-order valence-corrected chi connectivity index (χ4v) is 5.69. The highest BCUT2D eigenvalue weighted by atomic mass is 16.5. The maximum Gasteiger partial charge on any atom is 0.320 e. The second-order valence-corrected chi connectivity index (χ2v) is 10.3. The molecule has 2 aliphatic rings. The Hall–Kier alpha value is -3.76. The van der Waals surface area contributed by atoms with Crippen molar-refractivity contribution < 1.29 is 14.3 Å². The van der Waals surface area contributed by atoms with Crippen molar-refractivity contribution >= 4 is 33.8 Å². The quantitative estimate of drug-likeness (QED) is 0.403. The lowest BCUT2D eigenvalue weighted by molar-refractivity contribution is 0.0397. The number of anilines is 1. The molecule has 1 aromatic carbocycles. The smallest absolute Gasteiger partial charge is 0.320 e. The monoisotopic (exact) mass is 529 g/mol. The molecule has 0 spiro atoms. The average molecular weight is 530 g/mol. The Morgan fingerprint density at radius 1 is 1.08 bits per heavy atom. The van der Waals surface area contributed by atoms with Crippen molar-refractivity contribution in [3.05, 3.63) is 48.5 Å². The number of hydrogen-bond acceptors (Lipinski definition) is 7. The zero-order valence-electron chi connectivity index (χ0n) is 22.4. The highest BCUT2D eigenvalue weighted by molar-refractivity contribution is 6.07. The summed E-state index contributed by atoms with van der Waals surface area (Å²) in [5.41, 5.74) is 11.1. The molecule has 39 heavy (non-hydrogen) atoms. The molecule has 2 aliphatic heterocycles. The summed E-state index contributed by atoms with van der Waals surface area (Å²) in [5.74, 6) is 1.69. The number of likely N-dealkylation sites (tertiary alicyclic amines) is 1. The van der Waals surface area contributed by atoms with Crippen LogP contribution in [0.15, 0.2) is 42.7 Å². The van der Waals surface area contributed by atoms with Crippen molar-refractivity contribution in [3.63, 3.8) is 0 Å². The predicted octanol–water partition coefficient (Wildman–Crippen LogP) is 3.93. The largest absolute Gasteiger partial charge is 0.382 e. The number of amides is 2. The van der Waals surface area contributed by atoms with Gasteiger partial charge in [-0.05, 0) is 43.4 Å². The third-order valence-electron chi connectivity index (χ3n) is 7.82. The number of pyridine rings is 2. The molecule has 204 valence electrons. The normalized spacial score (nSPS) is 16.8. The van der Waals surface area contributed by atoms with Crippen LogP contribution in [0, 0.1) is 5.92 Å². The lowest BCUT2D eigenvalue weighted by atomic mass is 9.96. The van der Waals surface area contributed by atoms with Gasteiger partial charge in [0.25, 0.3) is 0 Å². The van der Waals surface area contributed by atoms with Crippen LogP contribution in [0.1, 0.15) is 25.6 Å². The predicted molar refractivity (Wildman–Crippen MR) is 150 cm³/mol. The van der Waals surface area contributed by atoms with E-state index in [0.717, 1.165) is 65.8 Å². The Morgan fingerprint density at radius 2 is 1.87 bits per heavy atom. The van der Waals surface area contributed by atoms with Gasteiger partial charge in [0.15, 0.2) is 5.82 Å². The third kappa shape index (κ3) is 5.14. The number of rotatable bonds is 6. The summed E-state index contributed by atoms with van der Waals surface area (Å²) >= 11 is 0. The molecular formula is C29H35N7O3. The minimum absolute atomic E-state index is 0.135. The average Bonchev–Trinajstić information content (AvgIpc) is 3.35. The Morgan fingerprint density at radius 3 is 2.62 bits per heavy atom. The maximum atomic E-state index is 13.0. The van der Waals surface area contributed by atoms with E-state index in [0.29, 0.717) is 56.8 Å². The van der Waals surface area contributed by atoms with E-state index in [1.54, 1.807) is 6.20 Å². The molecule has 10 heteroatoms. The first-order valence-electron chi connectivity index (χ1n) is 13.8. The van der Waals surface area contributed by atoms with Crippen LogP contribution in [-0.4, -0.2) is 81.3 Å². The van der Waals surface area contributed by atoms with E-state index in [1.165, 1.54) is 0 Å². The number of imidazole rings is 1. The van der Waals surface area contributed by atoms with E-state index in [2.05, 4.69) is 27.8 Å². The summed E-state index contributed by atoms with van der Waals surface area (Å²) in [4.78, 5) is 30.8. The molecule has 2 fully saturated rings. The Labute approximate surface area is 227 Å². The van der Waals surface area contributed by atoms with Gasteiger partial charge in [-0.3, -0.25) is 4.98 Å². The number of piperidine rings is 1. The minimum atomic E-state index is 0.135. The van der Waals surface area contributed by atoms with Gasteiger partial charge in [0.2, 0.25) is 0 Å². The van der Waals surface area contributed by atoms with Crippen molar-refractivity contribution in [2.75, 3.05) is 51.7 Å². The first-order chi connectivity index (χ1) is 19.1. The first-order valence-corrected chi connectivity index (χ1v) is 13.8. The lowest BCUT2D eigenvalue weighted by Gasteiger charge is -2.37. The Bertz CT molecular complexity index is 1460. The molecule has 10 nitrogen and oxygen atoms in total. The van der Waals surface area contributed by atoms with Crippen LogP contribution in [0.2, 0.25) is 0 Å². The molecule has 2 N–H and O–H groups in total. The number of benzene rings is 1. The number of nitrogen functional groups attached to an aromatic ring is 1. The number of carbonyl (C=O) groups is 1. The van der Waals surface area contributed by atoms with Gasteiger partial charge in [0.05, 0.1) is 24.2 Å². The van der Waals surface area contributed by atoms with E-state index in [-0.39, 0.29) is 6.03 Å². The second-order valence-electron chi connectivity index (χ2n) is 10.3. The van der Waals surface area contributed by atoms with Crippen LogP contribution in [-0.2, 0) is 22.6 Å². The lowest BCUT2D eigenvalue weighted by Crippen LogP contribution is -2.50. The number of ether oxygens (including phenoxy) is 2. The summed E-state index contributed by atoms with van der Waals surface area (Å²) in [5, 5.41) is 1.02. The molecule has 3 aromatic heterocycles. The van der Waals surface area contributed by atoms with Crippen LogP contribution in [0.25, 0.3) is 33.1 Å². The number of fused-ring (bicyclic) bond motifs is 3. The van der Waals surface area contributed by atoms with Gasteiger partial charge in [-0.25, -0.2) is 14.8 Å². The minimum Gasteiger partial charge on any atom is -0.382 e. The van der Waals surface area contributed by atoms with Crippen LogP contribution in [0.4, 0.5) is 10.6 Å². The van der Waals surface area contributed by atoms with Crippen LogP contribution in [0.3, 0.4) is 0 Å². The standard InChI is InChI=1S/C29H35N7O3/c1-2-38-19-25-33-26-27(23-6-5-21(16-24(23)32-28(26)30)22-4-3-9-31-17-22)36(25)18-20-7-10-34(11-8-20)29(37)35-12-14-39-15-13-35/h3-6,9,16-17,20H,2,7-8,10-15,18-19H2,1H3,(H2,30,32). The van der Waals surface area contributed by atoms with E-state index in [9.17, 15) is 4.79 Å². The first kappa shape index (κ1) is 25.5. The molecule has 0 bridgehead atoms. The third-order valence-corrected chi connectivity index (χ3v) is 7.82. The van der Waals surface area contributed by atoms with Gasteiger partial charge < -0.3 is 29.6 Å². The molecule has 0 atom stereocenters. The zero-order valence-corrected chi connectivity index (χ0v) is 22.4. The molecule has 0 unspecified atom stereocenters. The Kier molecular flexibility index (Phi) is 7.30. The molecule has 0 saturated carbocycles. The van der Waals surface area contributed by atoms with Gasteiger partial charge in [0.1, 0.15) is 17.9 Å². The van der Waals surface area contributed by atoms with Gasteiger partial charge in [-0.15, -0.1) is 0 Å². The SMILES string of the molecule is CCOCc1nc2c(N)nc3cc(-c4cccnc4)ccc3c2n1CC1CCN(C(=O)N2CCOCC2)CC1. The van der Waals surface area contributed by atoms with Crippen molar-refractivity contribution in [1.82, 2.24) is 29.3 Å². The highest BCUT2D eigenvalue weighted by Gasteiger charge is 2.28. The fraction of sp³-hybridized carbons (Fsp3) is 0.448. The number of carbonyl (C=O) groups excluding carboxylic acids is 1. The highest BCUT2D eigenvalue weighted by Crippen LogP contribution is 2.33. The van der Waals surface area contributed by atoms with E-state index in [1.807, 2.05) is 35.1 Å². The van der Waals surface area contributed by atoms with E-state index >= 15 is 0 Å². The van der Waals surface area contributed by atoms with Crippen molar-refractivity contribution in [1.29, 1.82) is 0 Å². The van der Waals surface area contributed by atoms with Gasteiger partial charge in [-0.1, -0.05) is 18.2 Å². The fourth-order valence-electron chi connectivity index (χ4n) is 5.69. The van der Waals surface area contributed by atoms with Gasteiger partial charge in [0, 0.05) is 62.7 Å². The summed E-state index contributed by atoms with van der Waals surface area (Å²) in [6, 6.07) is 10.4. The maximum absolute atomic E-state index is 13.0. The van der Waals surface area contributed by atoms with E-state index < -0.39 is 0 Å². The van der Waals surface area contributed by atoms with Crippen molar-refractivity contribution in [2.24, 2.45) is 5.92 Å². The molecule has 2 saturated heterocycles. The summed E-state index contributed by atoms with van der Waals surface area (Å²) in [6.07, 6.45) is 5.50. The Balaban J connectivity index is 1.30. The topological polar surface area (TPSA) is 112 Å². The molecule has 0 aliphatic carbocycles. The molecule has 0 radical (unpaired) electrons. The van der Waals surface area contributed by atoms with Gasteiger partial charge in [-0.2, -0.15) is 0 Å². The number of nitrogens with two attached hydrogens (primary N) is 1. The molecular weight excluding hydrogens is 494 g/mol. The van der Waals surface area contributed by atoms with Crippen LogP contribution < -0.4 is 5.73 Å². The number of urea groups is 1. The number of nitrogens with zero attached hydrogens (tertiary/aromatic N) is 6. The molecule has 2 amide bonds. The number of morpholine rings is 1. The molecule has 6 rings (SSSR count). The number of hydrogen-bond donors (Lipinski definition) is 1. The van der Waals surface area contributed by atoms with Crippen LogP contribution in [0.5, 0.6) is 0 Å². The van der Waals surface area contributed by atoms with E-state index in [4.69, 9.17) is 25.2 Å².